The number of hydrogen-bond acceptors (Lipinski definition) is 3. The molecule has 1 saturated heterocycles. The number of nitrogens with one attached hydrogen (secondary N) is 1. The van der Waals surface area contributed by atoms with Crippen LogP contribution in [-0.2, 0) is 11.3 Å². The smallest absolute Gasteiger partial charge is 0.193 e. The summed E-state index contributed by atoms with van der Waals surface area (Å²) in [4.78, 5) is 11.0. The lowest BCUT2D eigenvalue weighted by atomic mass is 10.1. The van der Waals surface area contributed by atoms with E-state index in [0.717, 1.165) is 49.9 Å². The zero-order valence-electron chi connectivity index (χ0n) is 15.0. The van der Waals surface area contributed by atoms with Crippen molar-refractivity contribution < 1.29 is 4.74 Å². The highest BCUT2D eigenvalue weighted by Crippen LogP contribution is 2.18. The number of guanidine groups is 1. The van der Waals surface area contributed by atoms with Crippen molar-refractivity contribution in [2.45, 2.75) is 13.0 Å². The summed E-state index contributed by atoms with van der Waals surface area (Å²) in [6, 6.07) is 14.4. The van der Waals surface area contributed by atoms with Crippen LogP contribution in [0.2, 0.25) is 0 Å². The summed E-state index contributed by atoms with van der Waals surface area (Å²) in [5, 5.41) is 3.45. The molecule has 2 aromatic rings. The van der Waals surface area contributed by atoms with Crippen LogP contribution in [0.1, 0.15) is 12.0 Å². The Morgan fingerprint density at radius 3 is 2.96 bits per heavy atom. The predicted molar refractivity (Wildman–Crippen MR) is 101 cm³/mol. The van der Waals surface area contributed by atoms with E-state index in [2.05, 4.69) is 51.5 Å². The van der Waals surface area contributed by atoms with E-state index < -0.39 is 0 Å². The van der Waals surface area contributed by atoms with Gasteiger partial charge < -0.3 is 15.0 Å². The minimum Gasteiger partial charge on any atom is -0.381 e. The van der Waals surface area contributed by atoms with Gasteiger partial charge in [-0.15, -0.1) is 0 Å². The Labute approximate surface area is 149 Å². The van der Waals surface area contributed by atoms with Gasteiger partial charge in [-0.25, -0.2) is 0 Å². The lowest BCUT2D eigenvalue weighted by Gasteiger charge is -2.24. The molecule has 1 aromatic carbocycles. The number of pyridine rings is 1. The highest BCUT2D eigenvalue weighted by Gasteiger charge is 2.19. The number of benzene rings is 1. The van der Waals surface area contributed by atoms with Gasteiger partial charge in [0.25, 0.3) is 0 Å². The Hall–Kier alpha value is -2.40. The van der Waals surface area contributed by atoms with Gasteiger partial charge in [-0.2, -0.15) is 0 Å². The van der Waals surface area contributed by atoms with Gasteiger partial charge in [0.1, 0.15) is 0 Å². The number of nitrogens with zero attached hydrogens (tertiary/aromatic N) is 3. The van der Waals surface area contributed by atoms with E-state index >= 15 is 0 Å². The van der Waals surface area contributed by atoms with Gasteiger partial charge in [0.2, 0.25) is 0 Å². The Bertz CT molecular complexity index is 696. The lowest BCUT2D eigenvalue weighted by molar-refractivity contribution is 0.181. The summed E-state index contributed by atoms with van der Waals surface area (Å²) in [6.07, 6.45) is 2.96. The van der Waals surface area contributed by atoms with Crippen LogP contribution < -0.4 is 5.32 Å². The molecule has 0 amide bonds. The molecule has 0 spiro atoms. The van der Waals surface area contributed by atoms with Crippen molar-refractivity contribution in [3.63, 3.8) is 0 Å². The van der Waals surface area contributed by atoms with Gasteiger partial charge in [-0.3, -0.25) is 9.98 Å². The van der Waals surface area contributed by atoms with Crippen LogP contribution in [0.3, 0.4) is 0 Å². The van der Waals surface area contributed by atoms with E-state index in [1.165, 1.54) is 5.56 Å². The van der Waals surface area contributed by atoms with Crippen LogP contribution in [-0.4, -0.2) is 49.7 Å². The van der Waals surface area contributed by atoms with Gasteiger partial charge in [-0.1, -0.05) is 24.3 Å². The van der Waals surface area contributed by atoms with Crippen LogP contribution in [0.4, 0.5) is 0 Å². The summed E-state index contributed by atoms with van der Waals surface area (Å²) in [5.74, 6) is 1.51. The maximum atomic E-state index is 5.46. The molecule has 5 nitrogen and oxygen atoms in total. The summed E-state index contributed by atoms with van der Waals surface area (Å²) >= 11 is 0. The fourth-order valence-corrected chi connectivity index (χ4v) is 3.14. The molecular formula is C20H26N4O. The van der Waals surface area contributed by atoms with Crippen molar-refractivity contribution in [3.8, 4) is 11.3 Å². The summed E-state index contributed by atoms with van der Waals surface area (Å²) in [5.41, 5.74) is 3.33. The van der Waals surface area contributed by atoms with Crippen molar-refractivity contribution in [3.05, 3.63) is 54.2 Å². The highest BCUT2D eigenvalue weighted by atomic mass is 16.5. The van der Waals surface area contributed by atoms with E-state index in [4.69, 9.17) is 4.74 Å². The highest BCUT2D eigenvalue weighted by molar-refractivity contribution is 5.79. The van der Waals surface area contributed by atoms with E-state index in [1.807, 2.05) is 31.4 Å². The van der Waals surface area contributed by atoms with Crippen LogP contribution >= 0.6 is 0 Å². The molecule has 0 radical (unpaired) electrons. The second-order valence-corrected chi connectivity index (χ2v) is 6.43. The second kappa shape index (κ2) is 8.62. The first kappa shape index (κ1) is 17.4. The molecule has 0 bridgehead atoms. The minimum atomic E-state index is 0.594. The number of rotatable bonds is 5. The molecule has 1 aliphatic rings. The molecule has 25 heavy (non-hydrogen) atoms. The van der Waals surface area contributed by atoms with Gasteiger partial charge in [0, 0.05) is 51.5 Å². The minimum absolute atomic E-state index is 0.594. The van der Waals surface area contributed by atoms with Gasteiger partial charge in [-0.05, 0) is 30.2 Å². The molecule has 1 N–H and O–H groups in total. The number of ether oxygens (including phenoxy) is 1. The summed E-state index contributed by atoms with van der Waals surface area (Å²) < 4.78 is 5.46. The first-order chi connectivity index (χ1) is 12.3. The van der Waals surface area contributed by atoms with Crippen molar-refractivity contribution >= 4 is 5.96 Å². The Morgan fingerprint density at radius 2 is 2.24 bits per heavy atom. The van der Waals surface area contributed by atoms with Crippen molar-refractivity contribution in [1.82, 2.24) is 15.2 Å². The van der Waals surface area contributed by atoms with Gasteiger partial charge in [0.15, 0.2) is 5.96 Å². The molecule has 3 rings (SSSR count). The SMILES string of the molecule is CN=C(NCc1cccc(-c2ccccn2)c1)N(C)CC1CCOC1. The van der Waals surface area contributed by atoms with Gasteiger partial charge in [0.05, 0.1) is 12.3 Å². The fraction of sp³-hybridized carbons (Fsp3) is 0.400. The van der Waals surface area contributed by atoms with E-state index in [1.54, 1.807) is 0 Å². The average molecular weight is 338 g/mol. The zero-order valence-corrected chi connectivity index (χ0v) is 15.0. The molecule has 0 saturated carbocycles. The average Bonchev–Trinajstić information content (AvgIpc) is 3.16. The van der Waals surface area contributed by atoms with Crippen LogP contribution in [0.15, 0.2) is 53.7 Å². The third-order valence-corrected chi connectivity index (χ3v) is 4.47. The maximum Gasteiger partial charge on any atom is 0.193 e. The van der Waals surface area contributed by atoms with Crippen LogP contribution in [0.5, 0.6) is 0 Å². The van der Waals surface area contributed by atoms with Crippen molar-refractivity contribution in [2.75, 3.05) is 33.9 Å². The topological polar surface area (TPSA) is 49.8 Å². The van der Waals surface area contributed by atoms with Crippen molar-refractivity contribution in [1.29, 1.82) is 0 Å². The third-order valence-electron chi connectivity index (χ3n) is 4.47. The molecular weight excluding hydrogens is 312 g/mol. The van der Waals surface area contributed by atoms with Gasteiger partial charge >= 0.3 is 0 Å². The number of hydrogen-bond donors (Lipinski definition) is 1. The first-order valence-corrected chi connectivity index (χ1v) is 8.76. The monoisotopic (exact) mass is 338 g/mol. The lowest BCUT2D eigenvalue weighted by Crippen LogP contribution is -2.41. The molecule has 1 aliphatic heterocycles. The van der Waals surface area contributed by atoms with Crippen molar-refractivity contribution in [2.24, 2.45) is 10.9 Å². The zero-order chi connectivity index (χ0) is 17.5. The quantitative estimate of drug-likeness (QED) is 0.673. The van der Waals surface area contributed by atoms with E-state index in [9.17, 15) is 0 Å². The fourth-order valence-electron chi connectivity index (χ4n) is 3.14. The molecule has 2 heterocycles. The number of aromatic nitrogens is 1. The second-order valence-electron chi connectivity index (χ2n) is 6.43. The Balaban J connectivity index is 1.60. The largest absolute Gasteiger partial charge is 0.381 e. The molecule has 1 fully saturated rings. The maximum absolute atomic E-state index is 5.46. The predicted octanol–water partition coefficient (Wildman–Crippen LogP) is 2.79. The van der Waals surface area contributed by atoms with E-state index in [0.29, 0.717) is 5.92 Å². The standard InChI is InChI=1S/C20H26N4O/c1-21-20(24(2)14-17-9-11-25-15-17)23-13-16-6-5-7-18(12-16)19-8-3-4-10-22-19/h3-8,10,12,17H,9,11,13-15H2,1-2H3,(H,21,23). The Morgan fingerprint density at radius 1 is 1.32 bits per heavy atom. The molecule has 0 aliphatic carbocycles. The van der Waals surface area contributed by atoms with Crippen LogP contribution in [0.25, 0.3) is 11.3 Å². The Kier molecular flexibility index (Phi) is 6.01. The molecule has 1 aromatic heterocycles. The molecule has 1 atom stereocenters. The normalized spacial score (nSPS) is 17.5. The summed E-state index contributed by atoms with van der Waals surface area (Å²) in [6.45, 7) is 3.44. The van der Waals surface area contributed by atoms with Crippen LogP contribution in [0, 0.1) is 5.92 Å². The number of aliphatic imine (C=N–C) groups is 1. The summed E-state index contributed by atoms with van der Waals surface area (Å²) in [7, 11) is 3.91. The van der Waals surface area contributed by atoms with E-state index in [-0.39, 0.29) is 0 Å². The first-order valence-electron chi connectivity index (χ1n) is 8.76. The molecule has 132 valence electrons. The molecule has 5 heteroatoms. The third kappa shape index (κ3) is 4.79. The molecule has 1 unspecified atom stereocenters.